The van der Waals surface area contributed by atoms with Gasteiger partial charge in [0.05, 0.1) is 12.8 Å². The Balaban J connectivity index is 1.30. The third-order valence-electron chi connectivity index (χ3n) is 7.31. The van der Waals surface area contributed by atoms with Gasteiger partial charge in [-0.05, 0) is 74.0 Å². The van der Waals surface area contributed by atoms with Crippen molar-refractivity contribution in [2.45, 2.75) is 50.5 Å². The molecule has 0 bridgehead atoms. The van der Waals surface area contributed by atoms with Crippen LogP contribution in [0.1, 0.15) is 55.8 Å². The molecule has 0 spiro atoms. The van der Waals surface area contributed by atoms with Gasteiger partial charge in [0, 0.05) is 30.0 Å². The number of benzene rings is 2. The smallest absolute Gasteiger partial charge is 0.177 e. The molecule has 1 aromatic heterocycles. The lowest BCUT2D eigenvalue weighted by Gasteiger charge is -2.41. The Labute approximate surface area is 194 Å². The normalized spacial score (nSPS) is 24.7. The van der Waals surface area contributed by atoms with Gasteiger partial charge in [0.2, 0.25) is 0 Å². The molecule has 174 valence electrons. The van der Waals surface area contributed by atoms with Crippen LogP contribution in [0.3, 0.4) is 0 Å². The summed E-state index contributed by atoms with van der Waals surface area (Å²) in [6.45, 7) is 2.19. The van der Waals surface area contributed by atoms with E-state index in [0.29, 0.717) is 17.9 Å². The van der Waals surface area contributed by atoms with Crippen LogP contribution in [-0.4, -0.2) is 64.6 Å². The lowest BCUT2D eigenvalue weighted by Crippen LogP contribution is -2.46. The van der Waals surface area contributed by atoms with Crippen LogP contribution in [0.15, 0.2) is 41.6 Å². The van der Waals surface area contributed by atoms with Crippen LogP contribution in [0.2, 0.25) is 0 Å². The second kappa shape index (κ2) is 9.87. The minimum absolute atomic E-state index is 0.365. The summed E-state index contributed by atoms with van der Waals surface area (Å²) in [4.78, 5) is 8.00. The highest BCUT2D eigenvalue weighted by molar-refractivity contribution is 6.04. The van der Waals surface area contributed by atoms with E-state index < -0.39 is 0 Å². The molecular weight excluding hydrogens is 416 g/mol. The van der Waals surface area contributed by atoms with Crippen LogP contribution < -0.4 is 4.74 Å². The van der Waals surface area contributed by atoms with E-state index >= 15 is 0 Å². The molecule has 1 aliphatic carbocycles. The number of tetrazole rings is 1. The number of aromatic nitrogens is 4. The van der Waals surface area contributed by atoms with E-state index in [1.807, 2.05) is 6.07 Å². The fourth-order valence-electron chi connectivity index (χ4n) is 5.57. The average Bonchev–Trinajstić information content (AvgIpc) is 3.42. The zero-order chi connectivity index (χ0) is 22.6. The minimum Gasteiger partial charge on any atom is -0.497 e. The van der Waals surface area contributed by atoms with Gasteiger partial charge >= 0.3 is 0 Å². The van der Waals surface area contributed by atoms with Crippen LogP contribution in [0.4, 0.5) is 0 Å². The first-order chi connectivity index (χ1) is 16.2. The number of fused-ring (bicyclic) bond motifs is 1. The standard InChI is InChI=1S/C25H32N6O2/c1-32-23-12-9-18-14-20(6-5-19(18)15-23)24(28-33-2)21-4-3-13-31(16-21)22-10-7-17(8-11-22)25-26-29-30-27-25/h5-6,9,12,14-15,17,21-22H,3-4,7-8,10-11,13,16H2,1-2H3,(H,26,27,29,30)/b28-24-. The molecular formula is C25H32N6O2. The Kier molecular flexibility index (Phi) is 6.53. The number of methoxy groups -OCH3 is 1. The van der Waals surface area contributed by atoms with Crippen LogP contribution >= 0.6 is 0 Å². The molecule has 2 heterocycles. The Morgan fingerprint density at radius 3 is 2.61 bits per heavy atom. The molecule has 2 aromatic carbocycles. The average molecular weight is 449 g/mol. The zero-order valence-corrected chi connectivity index (χ0v) is 19.4. The fourth-order valence-corrected chi connectivity index (χ4v) is 5.57. The lowest BCUT2D eigenvalue weighted by atomic mass is 9.82. The molecule has 1 atom stereocenters. The highest BCUT2D eigenvalue weighted by Gasteiger charge is 2.33. The first-order valence-electron chi connectivity index (χ1n) is 11.9. The molecule has 1 unspecified atom stereocenters. The predicted molar refractivity (Wildman–Crippen MR) is 128 cm³/mol. The molecule has 1 saturated heterocycles. The number of hydrogen-bond donors (Lipinski definition) is 1. The topological polar surface area (TPSA) is 88.5 Å². The molecule has 8 nitrogen and oxygen atoms in total. The van der Waals surface area contributed by atoms with Gasteiger partial charge in [0.25, 0.3) is 0 Å². The van der Waals surface area contributed by atoms with Crippen molar-refractivity contribution in [2.24, 2.45) is 11.1 Å². The highest BCUT2D eigenvalue weighted by atomic mass is 16.6. The summed E-state index contributed by atoms with van der Waals surface area (Å²) in [5.74, 6) is 2.54. The lowest BCUT2D eigenvalue weighted by molar-refractivity contribution is 0.109. The number of rotatable bonds is 6. The number of nitrogens with one attached hydrogen (secondary N) is 1. The summed E-state index contributed by atoms with van der Waals surface area (Å²) in [5.41, 5.74) is 2.20. The summed E-state index contributed by atoms with van der Waals surface area (Å²) in [7, 11) is 3.34. The summed E-state index contributed by atoms with van der Waals surface area (Å²) in [6.07, 6.45) is 6.93. The summed E-state index contributed by atoms with van der Waals surface area (Å²) < 4.78 is 5.37. The van der Waals surface area contributed by atoms with E-state index in [2.05, 4.69) is 61.0 Å². The fraction of sp³-hybridized carbons (Fsp3) is 0.520. The van der Waals surface area contributed by atoms with E-state index in [1.165, 1.54) is 30.0 Å². The SMILES string of the molecule is CO/N=C(/c1ccc2cc(OC)ccc2c1)C1CCCN(C2CCC(c3nn[nH]n3)CC2)C1. The number of piperidine rings is 1. The quantitative estimate of drug-likeness (QED) is 0.450. The number of ether oxygens (including phenoxy) is 1. The van der Waals surface area contributed by atoms with Gasteiger partial charge in [-0.25, -0.2) is 0 Å². The van der Waals surface area contributed by atoms with E-state index in [-0.39, 0.29) is 0 Å². The molecule has 1 saturated carbocycles. The third-order valence-corrected chi connectivity index (χ3v) is 7.31. The van der Waals surface area contributed by atoms with E-state index in [4.69, 9.17) is 9.57 Å². The van der Waals surface area contributed by atoms with Gasteiger partial charge in [-0.1, -0.05) is 28.6 Å². The van der Waals surface area contributed by atoms with Crippen LogP contribution in [0, 0.1) is 5.92 Å². The molecule has 0 amide bonds. The molecule has 1 N–H and O–H groups in total. The number of oxime groups is 1. The monoisotopic (exact) mass is 448 g/mol. The molecule has 3 aromatic rings. The first kappa shape index (κ1) is 21.8. The number of aromatic amines is 1. The zero-order valence-electron chi connectivity index (χ0n) is 19.4. The van der Waals surface area contributed by atoms with Gasteiger partial charge in [-0.15, -0.1) is 10.2 Å². The van der Waals surface area contributed by atoms with Gasteiger partial charge in [-0.3, -0.25) is 4.90 Å². The maximum atomic E-state index is 5.37. The number of nitrogens with zero attached hydrogens (tertiary/aromatic N) is 5. The third kappa shape index (κ3) is 4.71. The van der Waals surface area contributed by atoms with Crippen LogP contribution in [0.5, 0.6) is 5.75 Å². The highest BCUT2D eigenvalue weighted by Crippen LogP contribution is 2.35. The summed E-state index contributed by atoms with van der Waals surface area (Å²) in [6, 6.07) is 13.3. The maximum Gasteiger partial charge on any atom is 0.177 e. The van der Waals surface area contributed by atoms with E-state index in [0.717, 1.165) is 55.2 Å². The first-order valence-corrected chi connectivity index (χ1v) is 11.9. The van der Waals surface area contributed by atoms with Crippen molar-refractivity contribution in [3.8, 4) is 5.75 Å². The Morgan fingerprint density at radius 2 is 1.85 bits per heavy atom. The predicted octanol–water partition coefficient (Wildman–Crippen LogP) is 4.15. The molecule has 8 heteroatoms. The maximum absolute atomic E-state index is 5.37. The molecule has 2 aliphatic rings. The van der Waals surface area contributed by atoms with E-state index in [1.54, 1.807) is 14.2 Å². The molecule has 2 fully saturated rings. The Hall–Kier alpha value is -3.00. The molecule has 5 rings (SSSR count). The van der Waals surface area contributed by atoms with Crippen molar-refractivity contribution in [1.82, 2.24) is 25.5 Å². The van der Waals surface area contributed by atoms with Gasteiger partial charge in [-0.2, -0.15) is 5.21 Å². The van der Waals surface area contributed by atoms with Crippen molar-refractivity contribution < 1.29 is 9.57 Å². The van der Waals surface area contributed by atoms with Gasteiger partial charge in [0.15, 0.2) is 5.82 Å². The molecule has 1 aliphatic heterocycles. The van der Waals surface area contributed by atoms with Crippen molar-refractivity contribution in [3.63, 3.8) is 0 Å². The molecule has 33 heavy (non-hydrogen) atoms. The minimum atomic E-state index is 0.365. The summed E-state index contributed by atoms with van der Waals surface area (Å²) in [5, 5.41) is 21.6. The van der Waals surface area contributed by atoms with Crippen molar-refractivity contribution in [1.29, 1.82) is 0 Å². The second-order valence-corrected chi connectivity index (χ2v) is 9.20. The van der Waals surface area contributed by atoms with Gasteiger partial charge < -0.3 is 9.57 Å². The Morgan fingerprint density at radius 1 is 1.03 bits per heavy atom. The van der Waals surface area contributed by atoms with Crippen molar-refractivity contribution in [3.05, 3.63) is 47.8 Å². The Bertz CT molecular complexity index is 1090. The van der Waals surface area contributed by atoms with Crippen LogP contribution in [-0.2, 0) is 4.84 Å². The summed E-state index contributed by atoms with van der Waals surface area (Å²) >= 11 is 0. The largest absolute Gasteiger partial charge is 0.497 e. The van der Waals surface area contributed by atoms with Gasteiger partial charge in [0.1, 0.15) is 12.9 Å². The van der Waals surface area contributed by atoms with Crippen molar-refractivity contribution in [2.75, 3.05) is 27.3 Å². The van der Waals surface area contributed by atoms with E-state index in [9.17, 15) is 0 Å². The number of likely N-dealkylation sites (tertiary alicyclic amines) is 1. The van der Waals surface area contributed by atoms with Crippen LogP contribution in [0.25, 0.3) is 10.8 Å². The van der Waals surface area contributed by atoms with Crippen molar-refractivity contribution >= 4 is 16.5 Å². The number of hydrogen-bond acceptors (Lipinski definition) is 7. The molecule has 0 radical (unpaired) electrons. The number of H-pyrrole nitrogens is 1. The second-order valence-electron chi connectivity index (χ2n) is 9.20.